The number of methoxy groups -OCH3 is 1. The molecule has 0 aromatic heterocycles. The topological polar surface area (TPSA) is 102 Å². The van der Waals surface area contributed by atoms with Crippen molar-refractivity contribution in [2.24, 2.45) is 0 Å². The number of benzene rings is 1. The van der Waals surface area contributed by atoms with E-state index in [9.17, 15) is 22.7 Å². The van der Waals surface area contributed by atoms with Gasteiger partial charge in [-0.15, -0.1) is 0 Å². The number of aliphatic hydroxyl groups is 1. The summed E-state index contributed by atoms with van der Waals surface area (Å²) in [5, 5.41) is 9.44. The molecule has 9 heteroatoms. The minimum atomic E-state index is -4.09. The fraction of sp³-hybridized carbons (Fsp3) is 0.533. The quantitative estimate of drug-likeness (QED) is 0.719. The molecule has 1 heterocycles. The lowest BCUT2D eigenvalue weighted by Crippen LogP contribution is -2.51. The van der Waals surface area contributed by atoms with Crippen LogP contribution in [-0.4, -0.2) is 51.5 Å². The fourth-order valence-electron chi connectivity index (χ4n) is 2.61. The van der Waals surface area contributed by atoms with Gasteiger partial charge in [0.15, 0.2) is 0 Å². The van der Waals surface area contributed by atoms with E-state index in [0.717, 1.165) is 12.1 Å². The molecule has 24 heavy (non-hydrogen) atoms. The van der Waals surface area contributed by atoms with Crippen molar-refractivity contribution in [1.82, 2.24) is 4.72 Å². The van der Waals surface area contributed by atoms with Crippen molar-refractivity contribution in [2.75, 3.05) is 13.7 Å². The van der Waals surface area contributed by atoms with Gasteiger partial charge in [-0.05, 0) is 25.0 Å². The maximum Gasteiger partial charge on any atom is 0.308 e. The van der Waals surface area contributed by atoms with Crippen molar-refractivity contribution in [1.29, 1.82) is 0 Å². The highest BCUT2D eigenvalue weighted by Gasteiger charge is 2.35. The van der Waals surface area contributed by atoms with E-state index in [1.807, 2.05) is 0 Å². The molecule has 0 unspecified atom stereocenters. The van der Waals surface area contributed by atoms with Crippen molar-refractivity contribution >= 4 is 16.0 Å². The second-order valence-electron chi connectivity index (χ2n) is 5.49. The molecular weight excluding hydrogens is 341 g/mol. The smallest absolute Gasteiger partial charge is 0.308 e. The first-order valence-electron chi connectivity index (χ1n) is 7.47. The second-order valence-corrected chi connectivity index (χ2v) is 7.18. The van der Waals surface area contributed by atoms with Gasteiger partial charge in [0.05, 0.1) is 38.4 Å². The van der Waals surface area contributed by atoms with Crippen LogP contribution in [0, 0.1) is 5.82 Å². The number of carbonyl (C=O) groups excluding carboxylic acids is 1. The summed E-state index contributed by atoms with van der Waals surface area (Å²) in [7, 11) is -2.82. The molecule has 134 valence electrons. The van der Waals surface area contributed by atoms with Crippen LogP contribution in [0.25, 0.3) is 0 Å². The van der Waals surface area contributed by atoms with Crippen LogP contribution >= 0.6 is 0 Å². The number of hydrogen-bond donors (Lipinski definition) is 2. The molecule has 0 radical (unpaired) electrons. The van der Waals surface area contributed by atoms with Gasteiger partial charge < -0.3 is 14.6 Å². The summed E-state index contributed by atoms with van der Waals surface area (Å²) in [6.45, 7) is -0.428. The van der Waals surface area contributed by atoms with Gasteiger partial charge in [-0.1, -0.05) is 12.1 Å². The van der Waals surface area contributed by atoms with E-state index in [-0.39, 0.29) is 6.42 Å². The van der Waals surface area contributed by atoms with Crippen LogP contribution in [0.1, 0.15) is 19.3 Å². The summed E-state index contributed by atoms with van der Waals surface area (Å²) in [4.78, 5) is 10.8. The average molecular weight is 361 g/mol. The Bertz CT molecular complexity index is 680. The highest BCUT2D eigenvalue weighted by Crippen LogP contribution is 2.24. The lowest BCUT2D eigenvalue weighted by molar-refractivity contribution is -0.149. The van der Waals surface area contributed by atoms with Crippen LogP contribution < -0.4 is 4.72 Å². The van der Waals surface area contributed by atoms with Crippen molar-refractivity contribution in [3.63, 3.8) is 0 Å². The molecule has 3 atom stereocenters. The Balaban J connectivity index is 2.07. The van der Waals surface area contributed by atoms with Crippen molar-refractivity contribution in [2.45, 2.75) is 42.4 Å². The Kier molecular flexibility index (Phi) is 6.27. The number of halogens is 1. The van der Waals surface area contributed by atoms with E-state index < -0.39 is 51.6 Å². The van der Waals surface area contributed by atoms with E-state index in [1.165, 1.54) is 19.2 Å². The van der Waals surface area contributed by atoms with Crippen LogP contribution in [0.3, 0.4) is 0 Å². The van der Waals surface area contributed by atoms with E-state index in [4.69, 9.17) is 4.74 Å². The molecule has 0 aliphatic carbocycles. The molecule has 1 fully saturated rings. The van der Waals surface area contributed by atoms with Gasteiger partial charge in [0.2, 0.25) is 10.0 Å². The standard InChI is InChI=1S/C15H20FNO6S/c1-22-15(19)8-10-6-7-12(13(9-18)23-10)17-24(20,21)14-5-3-2-4-11(14)16/h2-5,10,12-13,17-18H,6-9H2,1H3/t10-,12-,13+/m0/s1. The largest absolute Gasteiger partial charge is 0.469 e. The predicted octanol–water partition coefficient (Wildman–Crippen LogP) is 0.576. The molecule has 0 amide bonds. The van der Waals surface area contributed by atoms with Crippen LogP contribution in [0.5, 0.6) is 0 Å². The maximum atomic E-state index is 13.7. The minimum absolute atomic E-state index is 0.0276. The molecule has 0 bridgehead atoms. The average Bonchev–Trinajstić information content (AvgIpc) is 2.56. The number of aliphatic hydroxyl groups excluding tert-OH is 1. The number of hydrogen-bond acceptors (Lipinski definition) is 6. The number of carbonyl (C=O) groups is 1. The zero-order chi connectivity index (χ0) is 17.7. The van der Waals surface area contributed by atoms with E-state index in [2.05, 4.69) is 9.46 Å². The summed E-state index contributed by atoms with van der Waals surface area (Å²) in [5.74, 6) is -1.30. The number of rotatable bonds is 6. The van der Waals surface area contributed by atoms with Crippen LogP contribution in [-0.2, 0) is 24.3 Å². The molecule has 0 spiro atoms. The molecule has 2 rings (SSSR count). The van der Waals surface area contributed by atoms with Crippen molar-refractivity contribution in [3.05, 3.63) is 30.1 Å². The number of nitrogens with one attached hydrogen (secondary N) is 1. The summed E-state index contributed by atoms with van der Waals surface area (Å²) < 4.78 is 50.9. The maximum absolute atomic E-state index is 13.7. The molecule has 0 saturated carbocycles. The predicted molar refractivity (Wildman–Crippen MR) is 82.1 cm³/mol. The first-order valence-corrected chi connectivity index (χ1v) is 8.95. The molecule has 1 saturated heterocycles. The van der Waals surface area contributed by atoms with Gasteiger partial charge in [0.1, 0.15) is 10.7 Å². The van der Waals surface area contributed by atoms with Gasteiger partial charge in [-0.2, -0.15) is 0 Å². The van der Waals surface area contributed by atoms with Gasteiger partial charge in [0, 0.05) is 0 Å². The molecule has 2 N–H and O–H groups in total. The fourth-order valence-corrected chi connectivity index (χ4v) is 3.99. The van der Waals surface area contributed by atoms with E-state index in [0.29, 0.717) is 12.8 Å². The summed E-state index contributed by atoms with van der Waals surface area (Å²) in [5.41, 5.74) is 0. The highest BCUT2D eigenvalue weighted by molar-refractivity contribution is 7.89. The SMILES string of the molecule is COC(=O)C[C@@H]1CC[C@H](NS(=O)(=O)c2ccccc2F)[C@@H](CO)O1. The van der Waals surface area contributed by atoms with Crippen LogP contribution in [0.2, 0.25) is 0 Å². The monoisotopic (exact) mass is 361 g/mol. The zero-order valence-corrected chi connectivity index (χ0v) is 14.0. The Labute approximate surface area is 139 Å². The van der Waals surface area contributed by atoms with Crippen molar-refractivity contribution < 1.29 is 32.2 Å². The number of ether oxygens (including phenoxy) is 2. The first kappa shape index (κ1) is 18.8. The summed E-state index contributed by atoms with van der Waals surface area (Å²) in [6, 6.07) is 4.32. The third-order valence-corrected chi connectivity index (χ3v) is 5.37. The number of sulfonamides is 1. The molecule has 1 aliphatic heterocycles. The normalized spacial score (nSPS) is 24.5. The molecule has 1 aliphatic rings. The summed E-state index contributed by atoms with van der Waals surface area (Å²) in [6.07, 6.45) is -0.491. The third kappa shape index (κ3) is 4.50. The third-order valence-electron chi connectivity index (χ3n) is 3.85. The highest BCUT2D eigenvalue weighted by atomic mass is 32.2. The molecular formula is C15H20FNO6S. The lowest BCUT2D eigenvalue weighted by Gasteiger charge is -2.35. The zero-order valence-electron chi connectivity index (χ0n) is 13.1. The Morgan fingerprint density at radius 3 is 2.75 bits per heavy atom. The van der Waals surface area contributed by atoms with Crippen LogP contribution in [0.4, 0.5) is 4.39 Å². The lowest BCUT2D eigenvalue weighted by atomic mass is 9.98. The van der Waals surface area contributed by atoms with Gasteiger partial charge in [0.25, 0.3) is 0 Å². The number of esters is 1. The van der Waals surface area contributed by atoms with Gasteiger partial charge in [-0.25, -0.2) is 17.5 Å². The Hall–Kier alpha value is -1.55. The minimum Gasteiger partial charge on any atom is -0.469 e. The summed E-state index contributed by atoms with van der Waals surface area (Å²) >= 11 is 0. The Morgan fingerprint density at radius 1 is 1.42 bits per heavy atom. The molecule has 7 nitrogen and oxygen atoms in total. The molecule has 1 aromatic rings. The van der Waals surface area contributed by atoms with Gasteiger partial charge >= 0.3 is 5.97 Å². The van der Waals surface area contributed by atoms with E-state index >= 15 is 0 Å². The molecule has 1 aromatic carbocycles. The van der Waals surface area contributed by atoms with Gasteiger partial charge in [-0.3, -0.25) is 4.79 Å². The first-order chi connectivity index (χ1) is 11.4. The van der Waals surface area contributed by atoms with E-state index in [1.54, 1.807) is 0 Å². The second kappa shape index (κ2) is 8.02. The van der Waals surface area contributed by atoms with Crippen LogP contribution in [0.15, 0.2) is 29.2 Å². The Morgan fingerprint density at radius 2 is 2.12 bits per heavy atom. The van der Waals surface area contributed by atoms with Crippen molar-refractivity contribution in [3.8, 4) is 0 Å².